The second kappa shape index (κ2) is 12.5. The number of aromatic nitrogens is 6. The topological polar surface area (TPSA) is 150 Å². The van der Waals surface area contributed by atoms with E-state index in [0.29, 0.717) is 17.5 Å². The van der Waals surface area contributed by atoms with Gasteiger partial charge in [-0.25, -0.2) is 9.48 Å². The summed E-state index contributed by atoms with van der Waals surface area (Å²) in [7, 11) is 1.65. The lowest BCUT2D eigenvalue weighted by atomic mass is 9.73. The largest absolute Gasteiger partial charge is 0.497 e. The molecular weight excluding hydrogens is 597 g/mol. The average molecular weight is 634 g/mol. The van der Waals surface area contributed by atoms with Gasteiger partial charge in [0, 0.05) is 30.6 Å². The number of piperidine rings is 3. The maximum absolute atomic E-state index is 13.8. The number of hydrogen-bond acceptors (Lipinski definition) is 10. The molecule has 7 heterocycles. The zero-order chi connectivity index (χ0) is 31.9. The van der Waals surface area contributed by atoms with Gasteiger partial charge in [0.05, 0.1) is 50.4 Å². The smallest absolute Gasteiger partial charge is 0.330 e. The summed E-state index contributed by atoms with van der Waals surface area (Å²) in [6, 6.07) is 8.03. The number of aliphatic hydroxyl groups is 1. The summed E-state index contributed by atoms with van der Waals surface area (Å²) in [6.45, 7) is 6.37. The molecule has 242 valence electrons. The summed E-state index contributed by atoms with van der Waals surface area (Å²) < 4.78 is 34.5. The van der Waals surface area contributed by atoms with Gasteiger partial charge in [0.25, 0.3) is 5.56 Å². The lowest BCUT2D eigenvalue weighted by Gasteiger charge is -2.51. The zero-order valence-corrected chi connectivity index (χ0v) is 25.4. The van der Waals surface area contributed by atoms with Crippen LogP contribution in [-0.2, 0) is 22.6 Å². The van der Waals surface area contributed by atoms with Crippen LogP contribution in [0.3, 0.4) is 0 Å². The molecular formula is C32H36FN7O6. The fraction of sp³-hybridized carbons (Fsp3) is 0.469. The minimum atomic E-state index is -1.11. The predicted octanol–water partition coefficient (Wildman–Crippen LogP) is 2.33. The molecule has 14 heteroatoms. The Bertz CT molecular complexity index is 1860. The van der Waals surface area contributed by atoms with Crippen molar-refractivity contribution in [2.75, 3.05) is 20.2 Å². The molecule has 2 bridgehead atoms. The summed E-state index contributed by atoms with van der Waals surface area (Å²) in [4.78, 5) is 32.6. The average Bonchev–Trinajstić information content (AvgIpc) is 3.68. The van der Waals surface area contributed by atoms with Crippen LogP contribution in [0.2, 0.25) is 0 Å². The number of hydrogen-bond donors (Lipinski definition) is 2. The molecule has 2 N–H and O–H groups in total. The van der Waals surface area contributed by atoms with Gasteiger partial charge >= 0.3 is 5.69 Å². The number of aliphatic hydroxyl groups excluding tert-OH is 1. The summed E-state index contributed by atoms with van der Waals surface area (Å²) >= 11 is 0. The SMILES string of the molecule is C=CC1CN2CCC1CC2[C@H](OCc1cn(CC2OC(n3cc(F)c(=O)[nH]c3=O)CC2O)nn1)c1ccnc2ccc(OC)cc12. The minimum absolute atomic E-state index is 0.0403. The number of pyridine rings is 1. The van der Waals surface area contributed by atoms with Crippen LogP contribution < -0.4 is 16.0 Å². The van der Waals surface area contributed by atoms with E-state index in [1.807, 2.05) is 35.4 Å². The van der Waals surface area contributed by atoms with Crippen molar-refractivity contribution in [1.82, 2.24) is 34.4 Å². The van der Waals surface area contributed by atoms with Gasteiger partial charge in [-0.3, -0.25) is 24.2 Å². The highest BCUT2D eigenvalue weighted by Crippen LogP contribution is 2.44. The highest BCUT2D eigenvalue weighted by atomic mass is 19.1. The number of benzene rings is 1. The second-order valence-electron chi connectivity index (χ2n) is 12.3. The van der Waals surface area contributed by atoms with Gasteiger partial charge in [0.2, 0.25) is 5.82 Å². The monoisotopic (exact) mass is 633 g/mol. The van der Waals surface area contributed by atoms with Gasteiger partial charge in [-0.1, -0.05) is 11.3 Å². The molecule has 4 fully saturated rings. The van der Waals surface area contributed by atoms with E-state index in [2.05, 4.69) is 32.9 Å². The maximum atomic E-state index is 13.8. The Balaban J connectivity index is 1.09. The first-order valence-corrected chi connectivity index (χ1v) is 15.5. The number of ether oxygens (including phenoxy) is 3. The molecule has 4 saturated heterocycles. The Morgan fingerprint density at radius 3 is 2.91 bits per heavy atom. The standard InChI is InChI=1S/C32H36FN7O6/c1-3-18-13-38-9-7-19(18)10-26(38)30(22-6-8-34-25-5-4-21(44-2)11-23(22)25)45-17-20-14-39(37-36-20)16-28-27(41)12-29(46-28)40-15-24(33)31(42)35-32(40)43/h3-6,8,11,14-15,18-19,26-30,41H,1,7,9-10,12-13,16-17H2,2H3,(H,35,42,43)/t18?,19?,26?,27?,28?,29?,30-/m1/s1. The van der Waals surface area contributed by atoms with Gasteiger partial charge in [-0.2, -0.15) is 4.39 Å². The third-order valence-corrected chi connectivity index (χ3v) is 9.59. The molecule has 0 spiro atoms. The van der Waals surface area contributed by atoms with Crippen LogP contribution in [0.25, 0.3) is 10.9 Å². The lowest BCUT2D eigenvalue weighted by molar-refractivity contribution is -0.0809. The highest BCUT2D eigenvalue weighted by Gasteiger charge is 2.43. The van der Waals surface area contributed by atoms with Gasteiger partial charge in [-0.15, -0.1) is 11.7 Å². The molecule has 4 aliphatic rings. The molecule has 0 amide bonds. The summed E-state index contributed by atoms with van der Waals surface area (Å²) in [5, 5.41) is 20.2. The maximum Gasteiger partial charge on any atom is 0.330 e. The second-order valence-corrected chi connectivity index (χ2v) is 12.3. The quantitative estimate of drug-likeness (QED) is 0.249. The van der Waals surface area contributed by atoms with Crippen molar-refractivity contribution in [3.8, 4) is 5.75 Å². The van der Waals surface area contributed by atoms with Gasteiger partial charge < -0.3 is 19.3 Å². The molecule has 8 rings (SSSR count). The molecule has 0 radical (unpaired) electrons. The highest BCUT2D eigenvalue weighted by molar-refractivity contribution is 5.84. The Morgan fingerprint density at radius 1 is 1.26 bits per heavy atom. The van der Waals surface area contributed by atoms with Crippen molar-refractivity contribution in [1.29, 1.82) is 0 Å². The van der Waals surface area contributed by atoms with E-state index < -0.39 is 35.5 Å². The van der Waals surface area contributed by atoms with Crippen LogP contribution in [0.1, 0.15) is 42.9 Å². The van der Waals surface area contributed by atoms with Gasteiger partial charge in [0.1, 0.15) is 23.8 Å². The van der Waals surface area contributed by atoms with E-state index in [9.17, 15) is 19.1 Å². The molecule has 3 aromatic heterocycles. The summed E-state index contributed by atoms with van der Waals surface area (Å²) in [5.41, 5.74) is 0.567. The van der Waals surface area contributed by atoms with Crippen LogP contribution in [0.5, 0.6) is 5.75 Å². The van der Waals surface area contributed by atoms with Crippen LogP contribution >= 0.6 is 0 Å². The van der Waals surface area contributed by atoms with Crippen molar-refractivity contribution >= 4 is 10.9 Å². The number of H-pyrrole nitrogens is 1. The first-order valence-electron chi connectivity index (χ1n) is 15.5. The Hall–Kier alpha value is -4.24. The molecule has 13 nitrogen and oxygen atoms in total. The molecule has 0 aliphatic carbocycles. The minimum Gasteiger partial charge on any atom is -0.497 e. The molecule has 0 saturated carbocycles. The first kappa shape index (κ1) is 30.4. The van der Waals surface area contributed by atoms with E-state index >= 15 is 0 Å². The number of aromatic amines is 1. The normalized spacial score (nSPS) is 28.0. The lowest BCUT2D eigenvalue weighted by Crippen LogP contribution is -2.55. The molecule has 4 aromatic rings. The number of methoxy groups -OCH3 is 1. The molecule has 4 aliphatic heterocycles. The van der Waals surface area contributed by atoms with Crippen LogP contribution in [0, 0.1) is 17.7 Å². The third kappa shape index (κ3) is 5.77. The number of halogens is 1. The van der Waals surface area contributed by atoms with Gasteiger partial charge in [0.15, 0.2) is 0 Å². The summed E-state index contributed by atoms with van der Waals surface area (Å²) in [5.74, 6) is 0.647. The fourth-order valence-electron chi connectivity index (χ4n) is 7.20. The predicted molar refractivity (Wildman–Crippen MR) is 163 cm³/mol. The molecule has 7 unspecified atom stereocenters. The Labute approximate surface area is 263 Å². The van der Waals surface area contributed by atoms with Crippen molar-refractivity contribution < 1.29 is 23.7 Å². The zero-order valence-electron chi connectivity index (χ0n) is 25.4. The number of nitrogens with zero attached hydrogens (tertiary/aromatic N) is 6. The van der Waals surface area contributed by atoms with Crippen molar-refractivity contribution in [3.63, 3.8) is 0 Å². The van der Waals surface area contributed by atoms with E-state index in [-0.39, 0.29) is 31.7 Å². The van der Waals surface area contributed by atoms with Crippen molar-refractivity contribution in [3.05, 3.63) is 93.4 Å². The van der Waals surface area contributed by atoms with Crippen LogP contribution in [0.15, 0.2) is 65.1 Å². The van der Waals surface area contributed by atoms with Crippen molar-refractivity contribution in [2.45, 2.75) is 63.0 Å². The molecule has 46 heavy (non-hydrogen) atoms. The Kier molecular flexibility index (Phi) is 8.27. The number of rotatable bonds is 10. The molecule has 8 atom stereocenters. The molecule has 1 aromatic carbocycles. The fourth-order valence-corrected chi connectivity index (χ4v) is 7.20. The summed E-state index contributed by atoms with van der Waals surface area (Å²) in [6.07, 6.45) is 5.69. The number of nitrogens with one attached hydrogen (secondary N) is 1. The van der Waals surface area contributed by atoms with Crippen LogP contribution in [0.4, 0.5) is 4.39 Å². The number of fused-ring (bicyclic) bond motifs is 4. The van der Waals surface area contributed by atoms with E-state index in [4.69, 9.17) is 14.2 Å². The Morgan fingerprint density at radius 2 is 2.13 bits per heavy atom. The van der Waals surface area contributed by atoms with Crippen molar-refractivity contribution in [2.24, 2.45) is 11.8 Å². The van der Waals surface area contributed by atoms with E-state index in [1.54, 1.807) is 18.0 Å². The van der Waals surface area contributed by atoms with E-state index in [0.717, 1.165) is 58.9 Å². The van der Waals surface area contributed by atoms with E-state index in [1.165, 1.54) is 0 Å². The third-order valence-electron chi connectivity index (χ3n) is 9.59. The van der Waals surface area contributed by atoms with Gasteiger partial charge in [-0.05, 0) is 61.1 Å². The van der Waals surface area contributed by atoms with Crippen LogP contribution in [-0.4, -0.2) is 78.0 Å². The first-order chi connectivity index (χ1) is 22.3.